The van der Waals surface area contributed by atoms with Crippen LogP contribution in [0, 0.1) is 0 Å². The highest BCUT2D eigenvalue weighted by atomic mass is 35.5. The zero-order valence-corrected chi connectivity index (χ0v) is 21.8. The molecule has 1 aromatic heterocycles. The van der Waals surface area contributed by atoms with Crippen molar-refractivity contribution in [1.29, 1.82) is 0 Å². The Morgan fingerprint density at radius 3 is 2.37 bits per heavy atom. The quantitative estimate of drug-likeness (QED) is 0.347. The number of benzene rings is 2. The predicted octanol–water partition coefficient (Wildman–Crippen LogP) is 6.16. The number of allylic oxidation sites excluding steroid dienone is 1. The van der Waals surface area contributed by atoms with Gasteiger partial charge in [-0.15, -0.1) is 0 Å². The number of ketones is 1. The van der Waals surface area contributed by atoms with E-state index in [1.807, 2.05) is 48.7 Å². The minimum absolute atomic E-state index is 0.0206. The Bertz CT molecular complexity index is 1300. The standard InChI is InChI=1S/C27H32Cl2N4O2/c1-4-18(3)33-23-9-7-6-8-22(23)32(27(33)35)17-16-31-14-12-19(13-15-31)30-21-11-10-20(28)26(29)25(21)24(34)5-2/h6-11,19,30H,3-5,12-17H2,1-2H3. The van der Waals surface area contributed by atoms with Crippen LogP contribution in [0.5, 0.6) is 0 Å². The number of nitrogens with zero attached hydrogens (tertiary/aromatic N) is 3. The maximum absolute atomic E-state index is 13.2. The van der Waals surface area contributed by atoms with Gasteiger partial charge in [-0.05, 0) is 43.5 Å². The van der Waals surface area contributed by atoms with Crippen LogP contribution in [0.25, 0.3) is 16.7 Å². The van der Waals surface area contributed by atoms with E-state index in [-0.39, 0.29) is 17.5 Å². The Morgan fingerprint density at radius 2 is 1.71 bits per heavy atom. The molecular formula is C27H32Cl2N4O2. The van der Waals surface area contributed by atoms with Gasteiger partial charge in [-0.2, -0.15) is 0 Å². The highest BCUT2D eigenvalue weighted by Crippen LogP contribution is 2.33. The van der Waals surface area contributed by atoms with E-state index in [2.05, 4.69) is 16.8 Å². The van der Waals surface area contributed by atoms with Gasteiger partial charge in [-0.3, -0.25) is 13.9 Å². The molecule has 0 aliphatic carbocycles. The number of rotatable bonds is 9. The van der Waals surface area contributed by atoms with Gasteiger partial charge in [0.1, 0.15) is 0 Å². The minimum atomic E-state index is -0.0256. The number of likely N-dealkylation sites (tertiary alicyclic amines) is 1. The summed E-state index contributed by atoms with van der Waals surface area (Å²) in [6.07, 6.45) is 2.96. The molecule has 1 aliphatic heterocycles. The maximum Gasteiger partial charge on any atom is 0.333 e. The van der Waals surface area contributed by atoms with E-state index in [9.17, 15) is 9.59 Å². The summed E-state index contributed by atoms with van der Waals surface area (Å²) in [5, 5.41) is 4.23. The van der Waals surface area contributed by atoms with Crippen molar-refractivity contribution in [1.82, 2.24) is 14.0 Å². The summed E-state index contributed by atoms with van der Waals surface area (Å²) >= 11 is 12.5. The molecule has 1 fully saturated rings. The van der Waals surface area contributed by atoms with E-state index in [0.29, 0.717) is 28.6 Å². The number of Topliss-reactive ketones (excluding diaryl/α,β-unsaturated/α-hetero) is 1. The third-order valence-electron chi connectivity index (χ3n) is 6.84. The molecule has 0 atom stereocenters. The fourth-order valence-corrected chi connectivity index (χ4v) is 5.20. The number of hydrogen-bond donors (Lipinski definition) is 1. The number of anilines is 1. The molecule has 186 valence electrons. The summed E-state index contributed by atoms with van der Waals surface area (Å²) in [5.41, 5.74) is 3.86. The first-order chi connectivity index (χ1) is 16.8. The molecule has 0 bridgehead atoms. The Morgan fingerprint density at radius 1 is 1.03 bits per heavy atom. The van der Waals surface area contributed by atoms with E-state index in [0.717, 1.165) is 61.3 Å². The first kappa shape index (κ1) is 25.5. The van der Waals surface area contributed by atoms with Crippen molar-refractivity contribution in [2.45, 2.75) is 52.1 Å². The van der Waals surface area contributed by atoms with Crippen molar-refractivity contribution in [3.8, 4) is 0 Å². The lowest BCUT2D eigenvalue weighted by Gasteiger charge is -2.33. The Labute approximate surface area is 216 Å². The minimum Gasteiger partial charge on any atom is -0.382 e. The Kier molecular flexibility index (Phi) is 8.05. The molecule has 1 saturated heterocycles. The summed E-state index contributed by atoms with van der Waals surface area (Å²) in [6, 6.07) is 11.7. The largest absolute Gasteiger partial charge is 0.382 e. The van der Waals surface area contributed by atoms with Crippen LogP contribution in [0.2, 0.25) is 10.0 Å². The molecule has 35 heavy (non-hydrogen) atoms. The number of fused-ring (bicyclic) bond motifs is 1. The molecule has 0 amide bonds. The summed E-state index contributed by atoms with van der Waals surface area (Å²) < 4.78 is 3.59. The Hall–Kier alpha value is -2.54. The van der Waals surface area contributed by atoms with Gasteiger partial charge in [0.25, 0.3) is 0 Å². The number of carbonyl (C=O) groups excluding carboxylic acids is 1. The van der Waals surface area contributed by atoms with Crippen LogP contribution in [0.1, 0.15) is 49.9 Å². The lowest BCUT2D eigenvalue weighted by molar-refractivity contribution is 0.0989. The number of halogens is 2. The molecule has 2 aromatic carbocycles. The van der Waals surface area contributed by atoms with Crippen LogP contribution >= 0.6 is 23.2 Å². The van der Waals surface area contributed by atoms with Crippen LogP contribution in [-0.4, -0.2) is 45.5 Å². The number of aromatic nitrogens is 2. The predicted molar refractivity (Wildman–Crippen MR) is 146 cm³/mol. The summed E-state index contributed by atoms with van der Waals surface area (Å²) in [4.78, 5) is 28.0. The normalized spacial score (nSPS) is 15.0. The van der Waals surface area contributed by atoms with E-state index >= 15 is 0 Å². The van der Waals surface area contributed by atoms with Crippen molar-refractivity contribution in [3.05, 3.63) is 69.1 Å². The van der Waals surface area contributed by atoms with Crippen LogP contribution in [-0.2, 0) is 6.54 Å². The molecule has 0 spiro atoms. The van der Waals surface area contributed by atoms with E-state index < -0.39 is 0 Å². The van der Waals surface area contributed by atoms with E-state index in [4.69, 9.17) is 23.2 Å². The average molecular weight is 515 g/mol. The maximum atomic E-state index is 13.2. The molecule has 4 rings (SSSR count). The van der Waals surface area contributed by atoms with Gasteiger partial charge in [-0.25, -0.2) is 4.79 Å². The molecule has 1 N–H and O–H groups in total. The fourth-order valence-electron chi connectivity index (χ4n) is 4.77. The van der Waals surface area contributed by atoms with Crippen molar-refractivity contribution in [2.24, 2.45) is 0 Å². The van der Waals surface area contributed by atoms with Crippen LogP contribution < -0.4 is 11.0 Å². The number of hydrogen-bond acceptors (Lipinski definition) is 4. The summed E-state index contributed by atoms with van der Waals surface area (Å²) in [7, 11) is 0. The lowest BCUT2D eigenvalue weighted by atomic mass is 10.0. The second-order valence-corrected chi connectivity index (χ2v) is 9.78. The van der Waals surface area contributed by atoms with Gasteiger partial charge in [0.15, 0.2) is 5.78 Å². The first-order valence-electron chi connectivity index (χ1n) is 12.2. The number of nitrogens with one attached hydrogen (secondary N) is 1. The van der Waals surface area contributed by atoms with E-state index in [1.165, 1.54) is 0 Å². The van der Waals surface area contributed by atoms with Crippen LogP contribution in [0.3, 0.4) is 0 Å². The Balaban J connectivity index is 1.41. The summed E-state index contributed by atoms with van der Waals surface area (Å²) in [5.74, 6) is -0.0206. The molecule has 3 aromatic rings. The van der Waals surface area contributed by atoms with Crippen LogP contribution in [0.15, 0.2) is 47.8 Å². The number of imidazole rings is 1. The zero-order chi connectivity index (χ0) is 25.1. The highest BCUT2D eigenvalue weighted by molar-refractivity contribution is 6.44. The number of carbonyl (C=O) groups is 1. The second-order valence-electron chi connectivity index (χ2n) is 9.00. The molecule has 6 nitrogen and oxygen atoms in total. The van der Waals surface area contributed by atoms with Gasteiger partial charge in [-0.1, -0.05) is 55.8 Å². The lowest BCUT2D eigenvalue weighted by Crippen LogP contribution is -2.41. The fraction of sp³-hybridized carbons (Fsp3) is 0.407. The molecule has 1 aliphatic rings. The van der Waals surface area contributed by atoms with Crippen molar-refractivity contribution < 1.29 is 4.79 Å². The van der Waals surface area contributed by atoms with Crippen molar-refractivity contribution in [3.63, 3.8) is 0 Å². The third-order valence-corrected chi connectivity index (χ3v) is 7.65. The average Bonchev–Trinajstić information content (AvgIpc) is 3.16. The molecule has 0 unspecified atom stereocenters. The number of para-hydroxylation sites is 2. The van der Waals surface area contributed by atoms with Crippen molar-refractivity contribution in [2.75, 3.05) is 25.0 Å². The first-order valence-corrected chi connectivity index (χ1v) is 13.0. The molecule has 2 heterocycles. The second kappa shape index (κ2) is 11.0. The molecule has 0 radical (unpaired) electrons. The third kappa shape index (κ3) is 5.20. The van der Waals surface area contributed by atoms with Gasteiger partial charge in [0.2, 0.25) is 0 Å². The molecule has 8 heteroatoms. The highest BCUT2D eigenvalue weighted by Gasteiger charge is 2.23. The number of piperidine rings is 1. The van der Waals surface area contributed by atoms with Gasteiger partial charge in [0, 0.05) is 50.0 Å². The SMILES string of the molecule is C=C(CC)n1c(=O)n(CCN2CCC(Nc3ccc(Cl)c(Cl)c3C(=O)CC)CC2)c2ccccc21. The topological polar surface area (TPSA) is 59.3 Å². The molecular weight excluding hydrogens is 483 g/mol. The van der Waals surface area contributed by atoms with Crippen LogP contribution in [0.4, 0.5) is 5.69 Å². The van der Waals surface area contributed by atoms with E-state index in [1.54, 1.807) is 10.6 Å². The van der Waals surface area contributed by atoms with Gasteiger partial charge in [0.05, 0.1) is 26.6 Å². The summed E-state index contributed by atoms with van der Waals surface area (Å²) in [6.45, 7) is 11.2. The monoisotopic (exact) mass is 514 g/mol. The smallest absolute Gasteiger partial charge is 0.333 e. The van der Waals surface area contributed by atoms with Gasteiger partial charge < -0.3 is 10.2 Å². The zero-order valence-electron chi connectivity index (χ0n) is 20.3. The van der Waals surface area contributed by atoms with Gasteiger partial charge >= 0.3 is 5.69 Å². The van der Waals surface area contributed by atoms with Crippen molar-refractivity contribution >= 4 is 51.4 Å². The molecule has 0 saturated carbocycles.